The zero-order chi connectivity index (χ0) is 17.5. The van der Waals surface area contributed by atoms with Crippen molar-refractivity contribution < 1.29 is 4.79 Å². The second-order valence-corrected chi connectivity index (χ2v) is 7.50. The number of amides is 1. The molecule has 1 saturated heterocycles. The molecule has 26 heavy (non-hydrogen) atoms. The highest BCUT2D eigenvalue weighted by Gasteiger charge is 2.37. The number of benzene rings is 3. The van der Waals surface area contributed by atoms with Gasteiger partial charge in [-0.2, -0.15) is 0 Å². The Morgan fingerprint density at radius 3 is 2.69 bits per heavy atom. The lowest BCUT2D eigenvalue weighted by molar-refractivity contribution is 0.0951. The number of rotatable bonds is 2. The average molecular weight is 342 g/mol. The zero-order valence-electron chi connectivity index (χ0n) is 14.7. The van der Waals surface area contributed by atoms with E-state index in [0.29, 0.717) is 11.8 Å². The maximum atomic E-state index is 12.3. The second-order valence-electron chi connectivity index (χ2n) is 7.50. The minimum absolute atomic E-state index is 0.0793. The van der Waals surface area contributed by atoms with E-state index in [1.54, 1.807) is 0 Å². The third kappa shape index (κ3) is 2.60. The van der Waals surface area contributed by atoms with Crippen LogP contribution in [0.2, 0.25) is 0 Å². The van der Waals surface area contributed by atoms with Crippen molar-refractivity contribution in [1.29, 1.82) is 0 Å². The molecule has 1 fully saturated rings. The summed E-state index contributed by atoms with van der Waals surface area (Å²) in [5, 5.41) is 5.77. The van der Waals surface area contributed by atoms with Crippen LogP contribution in [0.3, 0.4) is 0 Å². The third-order valence-electron chi connectivity index (χ3n) is 5.92. The monoisotopic (exact) mass is 342 g/mol. The molecule has 0 bridgehead atoms. The Labute approximate surface area is 153 Å². The lowest BCUT2D eigenvalue weighted by Gasteiger charge is -2.18. The molecule has 3 aromatic rings. The highest BCUT2D eigenvalue weighted by molar-refractivity contribution is 5.96. The summed E-state index contributed by atoms with van der Waals surface area (Å²) in [7, 11) is 0. The molecule has 3 heteroatoms. The van der Waals surface area contributed by atoms with Gasteiger partial charge in [0.15, 0.2) is 0 Å². The molecule has 0 aromatic heterocycles. The van der Waals surface area contributed by atoms with Gasteiger partial charge in [0.25, 0.3) is 5.91 Å². The number of fused-ring (bicyclic) bond motifs is 4. The standard InChI is InChI=1S/C23H22N2O/c26-23-21-11-4-3-10-20(21)22-15-25(14-18(22)12-24-23)13-17-8-5-7-16-6-1-2-9-19(16)17/h1-11,18,22H,12-15H2,(H,24,26)/t18-,22+/m1/s1. The van der Waals surface area contributed by atoms with E-state index in [1.807, 2.05) is 12.1 Å². The molecule has 0 spiro atoms. The lowest BCUT2D eigenvalue weighted by atomic mass is 9.87. The fourth-order valence-corrected chi connectivity index (χ4v) is 4.67. The van der Waals surface area contributed by atoms with Gasteiger partial charge in [-0.05, 0) is 33.9 Å². The third-order valence-corrected chi connectivity index (χ3v) is 5.92. The Bertz CT molecular complexity index is 975. The smallest absolute Gasteiger partial charge is 0.251 e. The van der Waals surface area contributed by atoms with Gasteiger partial charge in [-0.15, -0.1) is 0 Å². The van der Waals surface area contributed by atoms with E-state index in [0.717, 1.165) is 31.7 Å². The van der Waals surface area contributed by atoms with Crippen molar-refractivity contribution >= 4 is 16.7 Å². The Hall–Kier alpha value is -2.65. The second kappa shape index (κ2) is 6.26. The summed E-state index contributed by atoms with van der Waals surface area (Å²) >= 11 is 0. The molecular formula is C23H22N2O. The highest BCUT2D eigenvalue weighted by atomic mass is 16.1. The first-order chi connectivity index (χ1) is 12.8. The number of hydrogen-bond donors (Lipinski definition) is 1. The fourth-order valence-electron chi connectivity index (χ4n) is 4.67. The maximum Gasteiger partial charge on any atom is 0.251 e. The lowest BCUT2D eigenvalue weighted by Crippen LogP contribution is -2.29. The molecule has 3 aromatic carbocycles. The topological polar surface area (TPSA) is 32.3 Å². The Morgan fingerprint density at radius 1 is 0.923 bits per heavy atom. The summed E-state index contributed by atoms with van der Waals surface area (Å²) < 4.78 is 0. The Morgan fingerprint density at radius 2 is 1.73 bits per heavy atom. The molecule has 0 radical (unpaired) electrons. The summed E-state index contributed by atoms with van der Waals surface area (Å²) in [5.41, 5.74) is 3.46. The number of nitrogens with zero attached hydrogens (tertiary/aromatic N) is 1. The van der Waals surface area contributed by atoms with Gasteiger partial charge < -0.3 is 5.32 Å². The Balaban J connectivity index is 1.44. The average Bonchev–Trinajstić information content (AvgIpc) is 3.03. The molecule has 3 nitrogen and oxygen atoms in total. The van der Waals surface area contributed by atoms with Crippen molar-refractivity contribution in [3.8, 4) is 0 Å². The van der Waals surface area contributed by atoms with Gasteiger partial charge in [0.05, 0.1) is 0 Å². The van der Waals surface area contributed by atoms with Crippen LogP contribution in [0.5, 0.6) is 0 Å². The quantitative estimate of drug-likeness (QED) is 0.768. The predicted octanol–water partition coefficient (Wildman–Crippen LogP) is 3.80. The highest BCUT2D eigenvalue weighted by Crippen LogP contribution is 2.37. The van der Waals surface area contributed by atoms with Crippen LogP contribution < -0.4 is 5.32 Å². The number of hydrogen-bond acceptors (Lipinski definition) is 2. The summed E-state index contributed by atoms with van der Waals surface area (Å²) in [5.74, 6) is 0.994. The molecule has 2 atom stereocenters. The van der Waals surface area contributed by atoms with E-state index >= 15 is 0 Å². The van der Waals surface area contributed by atoms with E-state index in [9.17, 15) is 4.79 Å². The van der Waals surface area contributed by atoms with E-state index in [-0.39, 0.29) is 5.91 Å². The van der Waals surface area contributed by atoms with Gasteiger partial charge in [0.1, 0.15) is 0 Å². The van der Waals surface area contributed by atoms with Crippen molar-refractivity contribution in [2.75, 3.05) is 19.6 Å². The SMILES string of the molecule is O=C1NC[C@@H]2CN(Cc3cccc4ccccc34)C[C@@H]2c2ccccc21. The van der Waals surface area contributed by atoms with Crippen LogP contribution in [0.4, 0.5) is 0 Å². The zero-order valence-corrected chi connectivity index (χ0v) is 14.7. The summed E-state index contributed by atoms with van der Waals surface area (Å²) in [6.07, 6.45) is 0. The normalized spacial score (nSPS) is 22.5. The molecule has 2 aliphatic heterocycles. The number of nitrogens with one attached hydrogen (secondary N) is 1. The van der Waals surface area contributed by atoms with Crippen LogP contribution in [0.1, 0.15) is 27.4 Å². The van der Waals surface area contributed by atoms with Crippen LogP contribution in [0.15, 0.2) is 66.7 Å². The van der Waals surface area contributed by atoms with Crippen LogP contribution in [0, 0.1) is 5.92 Å². The van der Waals surface area contributed by atoms with Crippen LogP contribution in [-0.4, -0.2) is 30.4 Å². The molecule has 2 aliphatic rings. The first kappa shape index (κ1) is 15.6. The first-order valence-corrected chi connectivity index (χ1v) is 9.36. The maximum absolute atomic E-state index is 12.3. The van der Waals surface area contributed by atoms with Crippen molar-refractivity contribution in [3.05, 3.63) is 83.4 Å². The summed E-state index contributed by atoms with van der Waals surface area (Å²) in [4.78, 5) is 14.9. The fraction of sp³-hybridized carbons (Fsp3) is 0.261. The molecule has 0 unspecified atom stereocenters. The molecule has 1 amide bonds. The van der Waals surface area contributed by atoms with Gasteiger partial charge in [-0.1, -0.05) is 60.7 Å². The van der Waals surface area contributed by atoms with Crippen LogP contribution >= 0.6 is 0 Å². The van der Waals surface area contributed by atoms with E-state index in [1.165, 1.54) is 21.9 Å². The summed E-state index contributed by atoms with van der Waals surface area (Å²) in [6.45, 7) is 3.77. The molecular weight excluding hydrogens is 320 g/mol. The molecule has 5 rings (SSSR count). The molecule has 0 saturated carbocycles. The van der Waals surface area contributed by atoms with Gasteiger partial charge in [0.2, 0.25) is 0 Å². The van der Waals surface area contributed by atoms with Gasteiger partial charge >= 0.3 is 0 Å². The largest absolute Gasteiger partial charge is 0.352 e. The minimum atomic E-state index is 0.0793. The molecule has 1 N–H and O–H groups in total. The molecule has 2 heterocycles. The summed E-state index contributed by atoms with van der Waals surface area (Å²) in [6, 6.07) is 23.3. The van der Waals surface area contributed by atoms with Crippen molar-refractivity contribution in [2.45, 2.75) is 12.5 Å². The van der Waals surface area contributed by atoms with Crippen LogP contribution in [0.25, 0.3) is 10.8 Å². The van der Waals surface area contributed by atoms with E-state index in [2.05, 4.69) is 64.8 Å². The number of likely N-dealkylation sites (tertiary alicyclic amines) is 1. The number of carbonyl (C=O) groups is 1. The van der Waals surface area contributed by atoms with Gasteiger partial charge in [-0.3, -0.25) is 9.69 Å². The van der Waals surface area contributed by atoms with Gasteiger partial charge in [-0.25, -0.2) is 0 Å². The first-order valence-electron chi connectivity index (χ1n) is 9.36. The van der Waals surface area contributed by atoms with Crippen molar-refractivity contribution in [2.24, 2.45) is 5.92 Å². The van der Waals surface area contributed by atoms with Gasteiger partial charge in [0, 0.05) is 37.7 Å². The molecule has 130 valence electrons. The van der Waals surface area contributed by atoms with Crippen LogP contribution in [-0.2, 0) is 6.54 Å². The Kier molecular flexibility index (Phi) is 3.75. The van der Waals surface area contributed by atoms with Crippen molar-refractivity contribution in [3.63, 3.8) is 0 Å². The van der Waals surface area contributed by atoms with E-state index < -0.39 is 0 Å². The van der Waals surface area contributed by atoms with E-state index in [4.69, 9.17) is 0 Å². The minimum Gasteiger partial charge on any atom is -0.352 e. The molecule has 0 aliphatic carbocycles. The van der Waals surface area contributed by atoms with Crippen molar-refractivity contribution in [1.82, 2.24) is 10.2 Å². The number of carbonyl (C=O) groups excluding carboxylic acids is 1. The predicted molar refractivity (Wildman–Crippen MR) is 104 cm³/mol.